The molecular weight excluding hydrogens is 771 g/mol. The van der Waals surface area contributed by atoms with Crippen LogP contribution in [0.15, 0.2) is 78.1 Å². The van der Waals surface area contributed by atoms with Gasteiger partial charge in [-0.2, -0.15) is 0 Å². The molecule has 251 valence electrons. The maximum absolute atomic E-state index is 12.4. The van der Waals surface area contributed by atoms with Gasteiger partial charge in [-0.25, -0.2) is 0 Å². The van der Waals surface area contributed by atoms with Crippen LogP contribution in [0.25, 0.3) is 33.3 Å². The summed E-state index contributed by atoms with van der Waals surface area (Å²) in [5.74, 6) is 1.07. The number of nitrogens with zero attached hydrogens (tertiary/aromatic N) is 1. The second-order valence-electron chi connectivity index (χ2n) is 14.7. The van der Waals surface area contributed by atoms with Crippen LogP contribution < -0.4 is 5.19 Å². The van der Waals surface area contributed by atoms with E-state index in [1.807, 2.05) is 6.92 Å². The van der Waals surface area contributed by atoms with Crippen molar-refractivity contribution in [3.8, 4) is 22.4 Å². The average molecular weight is 823 g/mol. The molecule has 4 aromatic rings. The molecule has 2 aliphatic rings. The zero-order valence-electron chi connectivity index (χ0n) is 29.2. The van der Waals surface area contributed by atoms with Gasteiger partial charge >= 0.3 is 0 Å². The van der Waals surface area contributed by atoms with E-state index >= 15 is 0 Å². The molecule has 2 aliphatic carbocycles. The topological polar surface area (TPSA) is 50.2 Å². The van der Waals surface area contributed by atoms with E-state index in [2.05, 4.69) is 106 Å². The molecular formula is C42H52IrNO2Si-. The number of carbonyl (C=O) groups excluding carboxylic acids is 1. The molecule has 0 aliphatic heterocycles. The second-order valence-corrected chi connectivity index (χ2v) is 19.7. The molecule has 0 atom stereocenters. The van der Waals surface area contributed by atoms with Gasteiger partial charge in [0.1, 0.15) is 5.76 Å². The monoisotopic (exact) mass is 823 g/mol. The number of hydrogen-bond acceptors (Lipinski definition) is 3. The van der Waals surface area contributed by atoms with Crippen LogP contribution in [-0.4, -0.2) is 23.9 Å². The molecule has 3 nitrogen and oxygen atoms in total. The zero-order valence-corrected chi connectivity index (χ0v) is 32.6. The van der Waals surface area contributed by atoms with Crippen molar-refractivity contribution >= 4 is 29.9 Å². The number of benzene rings is 3. The van der Waals surface area contributed by atoms with Crippen molar-refractivity contribution in [2.24, 2.45) is 11.8 Å². The Morgan fingerprint density at radius 3 is 2.02 bits per heavy atom. The minimum Gasteiger partial charge on any atom is -0.512 e. The molecule has 47 heavy (non-hydrogen) atoms. The van der Waals surface area contributed by atoms with Crippen LogP contribution in [0.5, 0.6) is 0 Å². The van der Waals surface area contributed by atoms with Gasteiger partial charge in [-0.15, -0.1) is 34.9 Å². The molecule has 1 heterocycles. The Labute approximate surface area is 297 Å². The van der Waals surface area contributed by atoms with Crippen LogP contribution in [0.4, 0.5) is 0 Å². The number of carbonyl (C=O) groups is 1. The van der Waals surface area contributed by atoms with Crippen molar-refractivity contribution in [1.82, 2.24) is 4.98 Å². The van der Waals surface area contributed by atoms with Gasteiger partial charge in [-0.05, 0) is 55.5 Å². The molecule has 2 saturated carbocycles. The van der Waals surface area contributed by atoms with Gasteiger partial charge < -0.3 is 5.11 Å². The molecule has 5 heteroatoms. The normalized spacial score (nSPS) is 16.5. The summed E-state index contributed by atoms with van der Waals surface area (Å²) in [6.07, 6.45) is 11.4. The molecule has 6 rings (SSSR count). The maximum Gasteiger partial charge on any atom is 0.164 e. The molecule has 1 N–H and O–H groups in total. The van der Waals surface area contributed by atoms with Gasteiger partial charge in [0, 0.05) is 42.9 Å². The Bertz CT molecular complexity index is 1670. The van der Waals surface area contributed by atoms with Crippen molar-refractivity contribution in [1.29, 1.82) is 0 Å². The Morgan fingerprint density at radius 1 is 0.809 bits per heavy atom. The number of aliphatic hydroxyl groups excluding tert-OH is 1. The SMILES string of the molecule is C/C(C(=O)C1CCCCC1)=C(/O)C1CCCCC1.Cc1[c-]c(-c2ccc3c(-c4ccccc4)c([Si](C)(C)C)ccc3n2)cc(C)c1.[Ir]. The first-order chi connectivity index (χ1) is 22.0. The molecule has 1 radical (unpaired) electrons. The summed E-state index contributed by atoms with van der Waals surface area (Å²) in [4.78, 5) is 17.4. The third-order valence-electron chi connectivity index (χ3n) is 9.89. The van der Waals surface area contributed by atoms with E-state index < -0.39 is 8.07 Å². The van der Waals surface area contributed by atoms with Crippen LogP contribution in [0.1, 0.15) is 82.3 Å². The number of aromatic nitrogens is 1. The van der Waals surface area contributed by atoms with Crippen LogP contribution in [-0.2, 0) is 24.9 Å². The molecule has 0 bridgehead atoms. The fraction of sp³-hybridized carbons (Fsp3) is 0.429. The number of fused-ring (bicyclic) bond motifs is 1. The maximum atomic E-state index is 12.4. The van der Waals surface area contributed by atoms with Gasteiger partial charge in [-0.1, -0.05) is 126 Å². The third-order valence-corrected chi connectivity index (χ3v) is 11.9. The number of pyridine rings is 1. The third kappa shape index (κ3) is 9.19. The van der Waals surface area contributed by atoms with E-state index in [9.17, 15) is 9.90 Å². The number of Topliss-reactive ketones (excluding diaryl/α,β-unsaturated/α-hetero) is 1. The first-order valence-electron chi connectivity index (χ1n) is 17.5. The Balaban J connectivity index is 0.000000229. The fourth-order valence-electron chi connectivity index (χ4n) is 7.41. The fourth-order valence-corrected chi connectivity index (χ4v) is 9.02. The molecule has 0 saturated heterocycles. The largest absolute Gasteiger partial charge is 0.512 e. The smallest absolute Gasteiger partial charge is 0.164 e. The Morgan fingerprint density at radius 2 is 1.43 bits per heavy atom. The van der Waals surface area contributed by atoms with E-state index in [0.717, 1.165) is 48.0 Å². The van der Waals surface area contributed by atoms with E-state index in [-0.39, 0.29) is 37.7 Å². The zero-order chi connectivity index (χ0) is 32.8. The van der Waals surface area contributed by atoms with E-state index in [1.165, 1.54) is 65.8 Å². The van der Waals surface area contributed by atoms with Gasteiger partial charge in [-0.3, -0.25) is 9.78 Å². The van der Waals surface area contributed by atoms with E-state index in [4.69, 9.17) is 4.98 Å². The standard InChI is InChI=1S/C26H26NSi.C16H26O2.Ir/c1-18-15-19(2)17-21(16-18)23-12-11-22-24(27-23)13-14-25(28(3,4)5)26(22)20-9-7-6-8-10-20;1-12(15(17)13-8-4-2-5-9-13)16(18)14-10-6-3-7-11-14;/h6-16H,1-5H3;13-14,17H,2-11H2,1H3;/q-1;;/b;15-12-;. The number of rotatable bonds is 6. The number of ketones is 1. The Hall–Kier alpha value is -2.85. The molecule has 0 spiro atoms. The van der Waals surface area contributed by atoms with Crippen LogP contribution in [0.3, 0.4) is 0 Å². The summed E-state index contributed by atoms with van der Waals surface area (Å²) < 4.78 is 0. The summed E-state index contributed by atoms with van der Waals surface area (Å²) in [5, 5.41) is 13.0. The predicted octanol–water partition coefficient (Wildman–Crippen LogP) is 11.1. The van der Waals surface area contributed by atoms with Crippen molar-refractivity contribution in [3.05, 3.63) is 95.3 Å². The number of aryl methyl sites for hydroxylation is 2. The van der Waals surface area contributed by atoms with E-state index in [1.54, 1.807) is 0 Å². The van der Waals surface area contributed by atoms with Crippen molar-refractivity contribution in [3.63, 3.8) is 0 Å². The van der Waals surface area contributed by atoms with Gasteiger partial charge in [0.2, 0.25) is 0 Å². The molecule has 1 aromatic heterocycles. The van der Waals surface area contributed by atoms with Crippen molar-refractivity contribution in [2.75, 3.05) is 0 Å². The summed E-state index contributed by atoms with van der Waals surface area (Å²) in [6.45, 7) is 13.3. The average Bonchev–Trinajstić information content (AvgIpc) is 3.07. The van der Waals surface area contributed by atoms with Crippen LogP contribution >= 0.6 is 0 Å². The van der Waals surface area contributed by atoms with Crippen molar-refractivity contribution < 1.29 is 30.0 Å². The number of hydrogen-bond donors (Lipinski definition) is 1. The minimum absolute atomic E-state index is 0. The first-order valence-corrected chi connectivity index (χ1v) is 21.0. The molecule has 0 unspecified atom stereocenters. The Kier molecular flexibility index (Phi) is 13.0. The van der Waals surface area contributed by atoms with Gasteiger partial charge in [0.25, 0.3) is 0 Å². The summed E-state index contributed by atoms with van der Waals surface area (Å²) in [5.41, 5.74) is 8.77. The van der Waals surface area contributed by atoms with Crippen molar-refractivity contribution in [2.45, 2.75) is 105 Å². The first kappa shape index (κ1) is 37.0. The molecule has 3 aromatic carbocycles. The van der Waals surface area contributed by atoms with Gasteiger partial charge in [0.15, 0.2) is 5.78 Å². The van der Waals surface area contributed by atoms with Crippen LogP contribution in [0.2, 0.25) is 19.6 Å². The summed E-state index contributed by atoms with van der Waals surface area (Å²) >= 11 is 0. The predicted molar refractivity (Wildman–Crippen MR) is 197 cm³/mol. The molecule has 0 amide bonds. The minimum atomic E-state index is -1.50. The summed E-state index contributed by atoms with van der Waals surface area (Å²) in [7, 11) is -1.50. The van der Waals surface area contributed by atoms with Gasteiger partial charge in [0.05, 0.1) is 13.6 Å². The van der Waals surface area contributed by atoms with Crippen LogP contribution in [0, 0.1) is 31.7 Å². The number of allylic oxidation sites excluding steroid dienone is 2. The molecule has 2 fully saturated rings. The summed E-state index contributed by atoms with van der Waals surface area (Å²) in [6, 6.07) is 27.4. The second kappa shape index (κ2) is 16.5. The quantitative estimate of drug-likeness (QED) is 0.0912. The van der Waals surface area contributed by atoms with E-state index in [0.29, 0.717) is 11.3 Å². The number of aliphatic hydroxyl groups is 1.